The van der Waals surface area contributed by atoms with Gasteiger partial charge in [-0.05, 0) is 34.1 Å². The van der Waals surface area contributed by atoms with Gasteiger partial charge in [0.15, 0.2) is 0 Å². The van der Waals surface area contributed by atoms with Crippen molar-refractivity contribution in [1.29, 1.82) is 0 Å². The molecule has 0 amide bonds. The lowest BCUT2D eigenvalue weighted by Gasteiger charge is -2.33. The van der Waals surface area contributed by atoms with Crippen molar-refractivity contribution in [3.05, 3.63) is 23.2 Å². The molecule has 0 spiro atoms. The minimum Gasteiger partial charge on any atom is -0.369 e. The van der Waals surface area contributed by atoms with Crippen molar-refractivity contribution < 1.29 is 0 Å². The number of nitrogens with one attached hydrogen (secondary N) is 1. The van der Waals surface area contributed by atoms with Crippen LogP contribution >= 0.6 is 0 Å². The Hall–Kier alpha value is -1.25. The molecule has 3 nitrogen and oxygen atoms in total. The molecule has 16 heavy (non-hydrogen) atoms. The summed E-state index contributed by atoms with van der Waals surface area (Å²) in [5, 5.41) is 3.37. The van der Waals surface area contributed by atoms with Gasteiger partial charge in [-0.1, -0.05) is 12.5 Å². The largest absolute Gasteiger partial charge is 0.369 e. The summed E-state index contributed by atoms with van der Waals surface area (Å²) in [4.78, 5) is 6.92. The van der Waals surface area contributed by atoms with Gasteiger partial charge in [-0.25, -0.2) is 4.99 Å². The van der Waals surface area contributed by atoms with E-state index in [2.05, 4.69) is 58.1 Å². The number of hydrogen-bond acceptors (Lipinski definition) is 2. The molecule has 0 saturated heterocycles. The van der Waals surface area contributed by atoms with Crippen LogP contribution in [-0.4, -0.2) is 23.8 Å². The zero-order valence-electron chi connectivity index (χ0n) is 11.3. The Kier molecular flexibility index (Phi) is 4.16. The molecule has 0 aromatic heterocycles. The minimum absolute atomic E-state index is 0.359. The van der Waals surface area contributed by atoms with Gasteiger partial charge in [0.05, 0.1) is 6.04 Å². The van der Waals surface area contributed by atoms with Gasteiger partial charge in [-0.2, -0.15) is 0 Å². The van der Waals surface area contributed by atoms with E-state index in [9.17, 15) is 0 Å². The van der Waals surface area contributed by atoms with Crippen molar-refractivity contribution >= 4 is 5.84 Å². The highest BCUT2D eigenvalue weighted by Crippen LogP contribution is 2.14. The third kappa shape index (κ3) is 2.87. The third-order valence-corrected chi connectivity index (χ3v) is 2.93. The molecule has 0 radical (unpaired) electrons. The Morgan fingerprint density at radius 3 is 2.56 bits per heavy atom. The summed E-state index contributed by atoms with van der Waals surface area (Å²) in [7, 11) is 2.10. The molecule has 1 aliphatic heterocycles. The van der Waals surface area contributed by atoms with Gasteiger partial charge in [0.1, 0.15) is 5.84 Å². The minimum atomic E-state index is 0.359. The Labute approximate surface area is 98.9 Å². The smallest absolute Gasteiger partial charge is 0.129 e. The van der Waals surface area contributed by atoms with Gasteiger partial charge in [0.25, 0.3) is 0 Å². The molecular formula is C13H23N3. The van der Waals surface area contributed by atoms with E-state index in [1.807, 2.05) is 0 Å². The van der Waals surface area contributed by atoms with E-state index in [4.69, 9.17) is 4.99 Å². The summed E-state index contributed by atoms with van der Waals surface area (Å²) in [6.45, 7) is 10.5. The van der Waals surface area contributed by atoms with Crippen LogP contribution in [0.3, 0.4) is 0 Å². The van der Waals surface area contributed by atoms with Gasteiger partial charge in [0, 0.05) is 24.6 Å². The lowest BCUT2D eigenvalue weighted by molar-refractivity contribution is 0.374. The molecular weight excluding hydrogens is 198 g/mol. The Morgan fingerprint density at radius 1 is 1.44 bits per heavy atom. The molecule has 1 heterocycles. The fourth-order valence-corrected chi connectivity index (χ4v) is 1.78. The van der Waals surface area contributed by atoms with Crippen molar-refractivity contribution in [2.45, 2.75) is 47.1 Å². The van der Waals surface area contributed by atoms with Crippen molar-refractivity contribution in [3.8, 4) is 0 Å². The van der Waals surface area contributed by atoms with Gasteiger partial charge >= 0.3 is 0 Å². The second kappa shape index (κ2) is 5.19. The average Bonchev–Trinajstić information content (AvgIpc) is 2.16. The summed E-state index contributed by atoms with van der Waals surface area (Å²) in [5.41, 5.74) is 3.51. The highest BCUT2D eigenvalue weighted by molar-refractivity contribution is 5.90. The van der Waals surface area contributed by atoms with Crippen LogP contribution in [0.15, 0.2) is 28.2 Å². The van der Waals surface area contributed by atoms with E-state index in [-0.39, 0.29) is 0 Å². The van der Waals surface area contributed by atoms with Crippen LogP contribution < -0.4 is 5.32 Å². The van der Waals surface area contributed by atoms with Crippen LogP contribution in [0, 0.1) is 0 Å². The molecule has 1 N–H and O–H groups in total. The van der Waals surface area contributed by atoms with E-state index in [1.165, 1.54) is 5.57 Å². The zero-order chi connectivity index (χ0) is 12.3. The highest BCUT2D eigenvalue weighted by atomic mass is 15.2. The van der Waals surface area contributed by atoms with E-state index >= 15 is 0 Å². The molecule has 3 heteroatoms. The first-order valence-electron chi connectivity index (χ1n) is 5.85. The first kappa shape index (κ1) is 12.8. The van der Waals surface area contributed by atoms with Crippen LogP contribution in [0.2, 0.25) is 0 Å². The zero-order valence-corrected chi connectivity index (χ0v) is 11.3. The Morgan fingerprint density at radius 2 is 2.06 bits per heavy atom. The molecule has 0 bridgehead atoms. The van der Waals surface area contributed by atoms with Crippen LogP contribution in [-0.2, 0) is 0 Å². The van der Waals surface area contributed by atoms with Gasteiger partial charge < -0.3 is 10.2 Å². The number of amidine groups is 1. The van der Waals surface area contributed by atoms with Crippen LogP contribution in [0.5, 0.6) is 0 Å². The summed E-state index contributed by atoms with van der Waals surface area (Å²) in [5.74, 6) is 1.06. The molecule has 1 unspecified atom stereocenters. The van der Waals surface area contributed by atoms with Gasteiger partial charge in [-0.3, -0.25) is 0 Å². The SMILES string of the molecule is CCC1C(=NC(C)=C(C)C)NC(C)=CN1C. The number of rotatable bonds is 2. The predicted octanol–water partition coefficient (Wildman–Crippen LogP) is 2.87. The fourth-order valence-electron chi connectivity index (χ4n) is 1.78. The summed E-state index contributed by atoms with van der Waals surface area (Å²) >= 11 is 0. The maximum Gasteiger partial charge on any atom is 0.129 e. The molecule has 0 aromatic carbocycles. The first-order valence-corrected chi connectivity index (χ1v) is 5.85. The second-order valence-corrected chi connectivity index (χ2v) is 4.61. The summed E-state index contributed by atoms with van der Waals surface area (Å²) in [6, 6.07) is 0.359. The maximum absolute atomic E-state index is 4.69. The van der Waals surface area contributed by atoms with E-state index in [0.717, 1.165) is 23.7 Å². The second-order valence-electron chi connectivity index (χ2n) is 4.61. The van der Waals surface area contributed by atoms with E-state index in [0.29, 0.717) is 6.04 Å². The summed E-state index contributed by atoms with van der Waals surface area (Å²) < 4.78 is 0. The fraction of sp³-hybridized carbons (Fsp3) is 0.615. The topological polar surface area (TPSA) is 27.6 Å². The van der Waals surface area contributed by atoms with E-state index in [1.54, 1.807) is 0 Å². The Balaban J connectivity index is 3.03. The van der Waals surface area contributed by atoms with Crippen molar-refractivity contribution in [2.24, 2.45) is 4.99 Å². The molecule has 0 aliphatic carbocycles. The van der Waals surface area contributed by atoms with Crippen molar-refractivity contribution in [3.63, 3.8) is 0 Å². The molecule has 0 saturated carbocycles. The number of aliphatic imine (C=N–C) groups is 1. The lowest BCUT2D eigenvalue weighted by atomic mass is 10.1. The summed E-state index contributed by atoms with van der Waals surface area (Å²) in [6.07, 6.45) is 3.19. The first-order chi connectivity index (χ1) is 7.45. The molecule has 90 valence electrons. The monoisotopic (exact) mass is 221 g/mol. The van der Waals surface area contributed by atoms with Crippen LogP contribution in [0.4, 0.5) is 0 Å². The quantitative estimate of drug-likeness (QED) is 0.776. The molecule has 0 fully saturated rings. The third-order valence-electron chi connectivity index (χ3n) is 2.93. The maximum atomic E-state index is 4.69. The van der Waals surface area contributed by atoms with Crippen LogP contribution in [0.25, 0.3) is 0 Å². The number of likely N-dealkylation sites (N-methyl/N-ethyl adjacent to an activating group) is 1. The standard InChI is InChI=1S/C13H23N3/c1-7-12-13(15-11(5)9(2)3)14-10(4)8-16(12)6/h8,12H,7H2,1-6H3,(H,14,15). The van der Waals surface area contributed by atoms with E-state index < -0.39 is 0 Å². The predicted molar refractivity (Wildman–Crippen MR) is 70.2 cm³/mol. The normalized spacial score (nSPS) is 22.9. The van der Waals surface area contributed by atoms with Crippen molar-refractivity contribution in [2.75, 3.05) is 7.05 Å². The number of allylic oxidation sites excluding steroid dienone is 3. The average molecular weight is 221 g/mol. The van der Waals surface area contributed by atoms with Gasteiger partial charge in [-0.15, -0.1) is 0 Å². The van der Waals surface area contributed by atoms with Crippen molar-refractivity contribution in [1.82, 2.24) is 10.2 Å². The van der Waals surface area contributed by atoms with Crippen LogP contribution in [0.1, 0.15) is 41.0 Å². The molecule has 1 atom stereocenters. The molecule has 1 rings (SSSR count). The lowest BCUT2D eigenvalue weighted by Crippen LogP contribution is -2.46. The highest BCUT2D eigenvalue weighted by Gasteiger charge is 2.21. The number of nitrogens with zero attached hydrogens (tertiary/aromatic N) is 2. The molecule has 0 aromatic rings. The number of hydrogen-bond donors (Lipinski definition) is 1. The van der Waals surface area contributed by atoms with Gasteiger partial charge in [0.2, 0.25) is 0 Å². The Bertz CT molecular complexity index is 346. The molecule has 1 aliphatic rings.